The molecule has 0 unspecified atom stereocenters. The van der Waals surface area contributed by atoms with Crippen LogP contribution < -0.4 is 4.74 Å². The molecule has 116 valence electrons. The van der Waals surface area contributed by atoms with Crippen LogP contribution in [0.25, 0.3) is 22.6 Å². The van der Waals surface area contributed by atoms with Gasteiger partial charge in [-0.15, -0.1) is 0 Å². The maximum absolute atomic E-state index is 11.7. The van der Waals surface area contributed by atoms with Crippen LogP contribution in [0.15, 0.2) is 59.5 Å². The van der Waals surface area contributed by atoms with Crippen molar-refractivity contribution in [1.29, 1.82) is 0 Å². The summed E-state index contributed by atoms with van der Waals surface area (Å²) in [5, 5.41) is 0. The molecule has 0 radical (unpaired) electrons. The minimum Gasteiger partial charge on any atom is -0.436 e. The lowest BCUT2D eigenvalue weighted by molar-refractivity contribution is -0.128. The lowest BCUT2D eigenvalue weighted by atomic mass is 10.1. The second-order valence-corrected chi connectivity index (χ2v) is 5.70. The third kappa shape index (κ3) is 3.14. The monoisotopic (exact) mass is 325 g/mol. The zero-order chi connectivity index (χ0) is 16.2. The number of carbonyl (C=O) groups excluding carboxylic acids is 1. The molecule has 3 rings (SSSR count). The Morgan fingerprint density at radius 2 is 2.13 bits per heavy atom. The number of thioether (sulfide) groups is 1. The van der Waals surface area contributed by atoms with E-state index in [2.05, 4.69) is 11.6 Å². The van der Waals surface area contributed by atoms with Crippen LogP contribution in [0.4, 0.5) is 0 Å². The molecule has 0 bridgehead atoms. The first-order valence-electron chi connectivity index (χ1n) is 7.04. The van der Waals surface area contributed by atoms with Gasteiger partial charge < -0.3 is 9.15 Å². The molecule has 1 heterocycles. The van der Waals surface area contributed by atoms with Crippen molar-refractivity contribution >= 4 is 28.8 Å². The standard InChI is InChI=1S/C18H15NO3S/c1-3-16(20)22-17-12(11-23-2)7-6-8-13(17)18-19-14-9-4-5-10-15(14)21-18/h3-10H,1,11H2,2H3. The molecule has 0 saturated carbocycles. The van der Waals surface area contributed by atoms with Gasteiger partial charge in [0, 0.05) is 17.4 Å². The summed E-state index contributed by atoms with van der Waals surface area (Å²) >= 11 is 1.64. The molecule has 0 aliphatic heterocycles. The van der Waals surface area contributed by atoms with Gasteiger partial charge in [-0.2, -0.15) is 11.8 Å². The summed E-state index contributed by atoms with van der Waals surface area (Å²) in [6.45, 7) is 3.45. The lowest BCUT2D eigenvalue weighted by Gasteiger charge is -2.11. The summed E-state index contributed by atoms with van der Waals surface area (Å²) in [5.41, 5.74) is 3.02. The van der Waals surface area contributed by atoms with Gasteiger partial charge >= 0.3 is 5.97 Å². The zero-order valence-corrected chi connectivity index (χ0v) is 13.4. The second-order valence-electron chi connectivity index (χ2n) is 4.84. The van der Waals surface area contributed by atoms with Crippen molar-refractivity contribution in [2.75, 3.05) is 6.26 Å². The van der Waals surface area contributed by atoms with E-state index in [4.69, 9.17) is 9.15 Å². The number of ether oxygens (including phenoxy) is 1. The van der Waals surface area contributed by atoms with Gasteiger partial charge in [-0.1, -0.05) is 30.8 Å². The molecule has 1 aromatic heterocycles. The van der Waals surface area contributed by atoms with E-state index in [1.54, 1.807) is 11.8 Å². The molecule has 0 aliphatic rings. The van der Waals surface area contributed by atoms with E-state index < -0.39 is 5.97 Å². The van der Waals surface area contributed by atoms with Crippen LogP contribution in [0.5, 0.6) is 5.75 Å². The highest BCUT2D eigenvalue weighted by Crippen LogP contribution is 2.36. The average molecular weight is 325 g/mol. The van der Waals surface area contributed by atoms with Crippen molar-refractivity contribution in [2.45, 2.75) is 5.75 Å². The van der Waals surface area contributed by atoms with Gasteiger partial charge in [-0.3, -0.25) is 0 Å². The highest BCUT2D eigenvalue weighted by atomic mass is 32.2. The summed E-state index contributed by atoms with van der Waals surface area (Å²) in [7, 11) is 0. The fourth-order valence-electron chi connectivity index (χ4n) is 2.27. The number of oxazole rings is 1. The van der Waals surface area contributed by atoms with Crippen molar-refractivity contribution in [3.8, 4) is 17.2 Å². The van der Waals surface area contributed by atoms with Gasteiger partial charge in [0.05, 0.1) is 5.56 Å². The number of benzene rings is 2. The van der Waals surface area contributed by atoms with Crippen molar-refractivity contribution < 1.29 is 13.9 Å². The van der Waals surface area contributed by atoms with Gasteiger partial charge in [0.25, 0.3) is 0 Å². The maximum Gasteiger partial charge on any atom is 0.335 e. The molecule has 2 aromatic carbocycles. The number of hydrogen-bond acceptors (Lipinski definition) is 5. The Labute approximate surface area is 138 Å². The van der Waals surface area contributed by atoms with E-state index in [9.17, 15) is 4.79 Å². The van der Waals surface area contributed by atoms with Crippen LogP contribution in [0.1, 0.15) is 5.56 Å². The number of hydrogen-bond donors (Lipinski definition) is 0. The maximum atomic E-state index is 11.7. The van der Waals surface area contributed by atoms with E-state index in [1.165, 1.54) is 0 Å². The number of para-hydroxylation sites is 3. The van der Waals surface area contributed by atoms with Crippen molar-refractivity contribution in [2.24, 2.45) is 0 Å². The van der Waals surface area contributed by atoms with Gasteiger partial charge in [-0.05, 0) is 24.5 Å². The van der Waals surface area contributed by atoms with Crippen LogP contribution in [-0.2, 0) is 10.5 Å². The smallest absolute Gasteiger partial charge is 0.335 e. The third-order valence-corrected chi connectivity index (χ3v) is 3.89. The van der Waals surface area contributed by atoms with Gasteiger partial charge in [0.15, 0.2) is 5.58 Å². The molecule has 0 N–H and O–H groups in total. The number of rotatable bonds is 5. The molecular formula is C18H15NO3S. The van der Waals surface area contributed by atoms with Gasteiger partial charge in [-0.25, -0.2) is 9.78 Å². The largest absolute Gasteiger partial charge is 0.436 e. The van der Waals surface area contributed by atoms with E-state index in [0.29, 0.717) is 28.5 Å². The van der Waals surface area contributed by atoms with E-state index in [-0.39, 0.29) is 0 Å². The zero-order valence-electron chi connectivity index (χ0n) is 12.6. The predicted molar refractivity (Wildman–Crippen MR) is 92.5 cm³/mol. The highest BCUT2D eigenvalue weighted by Gasteiger charge is 2.18. The fraction of sp³-hybridized carbons (Fsp3) is 0.111. The normalized spacial score (nSPS) is 10.7. The Kier molecular flexibility index (Phi) is 4.48. The Balaban J connectivity index is 2.14. The SMILES string of the molecule is C=CC(=O)Oc1c(CSC)cccc1-c1nc2ccccc2o1. The summed E-state index contributed by atoms with van der Waals surface area (Å²) in [6.07, 6.45) is 3.14. The molecule has 0 fully saturated rings. The highest BCUT2D eigenvalue weighted by molar-refractivity contribution is 7.97. The Hall–Kier alpha value is -2.53. The first-order chi connectivity index (χ1) is 11.2. The van der Waals surface area contributed by atoms with Crippen molar-refractivity contribution in [3.63, 3.8) is 0 Å². The van der Waals surface area contributed by atoms with Crippen LogP contribution in [0.3, 0.4) is 0 Å². The number of fused-ring (bicyclic) bond motifs is 1. The van der Waals surface area contributed by atoms with Crippen LogP contribution in [0, 0.1) is 0 Å². The van der Waals surface area contributed by atoms with Gasteiger partial charge in [0.2, 0.25) is 5.89 Å². The predicted octanol–water partition coefficient (Wildman–Crippen LogP) is 4.45. The van der Waals surface area contributed by atoms with Crippen LogP contribution in [-0.4, -0.2) is 17.2 Å². The molecule has 3 aromatic rings. The number of carbonyl (C=O) groups is 1. The molecule has 4 nitrogen and oxygen atoms in total. The van der Waals surface area contributed by atoms with Gasteiger partial charge in [0.1, 0.15) is 11.3 Å². The number of esters is 1. The molecule has 0 atom stereocenters. The first kappa shape index (κ1) is 15.4. The molecule has 0 saturated heterocycles. The fourth-order valence-corrected chi connectivity index (χ4v) is 2.81. The average Bonchev–Trinajstić information content (AvgIpc) is 3.00. The second kappa shape index (κ2) is 6.71. The van der Waals surface area contributed by atoms with Crippen LogP contribution in [0.2, 0.25) is 0 Å². The Bertz CT molecular complexity index is 837. The van der Waals surface area contributed by atoms with Crippen molar-refractivity contribution in [1.82, 2.24) is 4.98 Å². The summed E-state index contributed by atoms with van der Waals surface area (Å²) in [5.74, 6) is 1.11. The summed E-state index contributed by atoms with van der Waals surface area (Å²) < 4.78 is 11.3. The quantitative estimate of drug-likeness (QED) is 0.394. The molecule has 5 heteroatoms. The Morgan fingerprint density at radius 1 is 1.30 bits per heavy atom. The first-order valence-corrected chi connectivity index (χ1v) is 8.43. The third-order valence-electron chi connectivity index (χ3n) is 3.29. The number of aromatic nitrogens is 1. The van der Waals surface area contributed by atoms with E-state index in [1.807, 2.05) is 48.7 Å². The topological polar surface area (TPSA) is 52.3 Å². The van der Waals surface area contributed by atoms with Crippen LogP contribution >= 0.6 is 11.8 Å². The minimum absolute atomic E-state index is 0.431. The molecular weight excluding hydrogens is 310 g/mol. The Morgan fingerprint density at radius 3 is 2.87 bits per heavy atom. The van der Waals surface area contributed by atoms with E-state index in [0.717, 1.165) is 17.2 Å². The van der Waals surface area contributed by atoms with Crippen molar-refractivity contribution in [3.05, 3.63) is 60.7 Å². The molecule has 0 amide bonds. The van der Waals surface area contributed by atoms with E-state index >= 15 is 0 Å². The molecule has 23 heavy (non-hydrogen) atoms. The summed E-state index contributed by atoms with van der Waals surface area (Å²) in [4.78, 5) is 16.2. The minimum atomic E-state index is -0.504. The molecule has 0 spiro atoms. The number of nitrogens with zero attached hydrogens (tertiary/aromatic N) is 1. The molecule has 0 aliphatic carbocycles. The lowest BCUT2D eigenvalue weighted by Crippen LogP contribution is -2.06. The summed E-state index contributed by atoms with van der Waals surface area (Å²) in [6, 6.07) is 13.2.